The molecule has 3 unspecified atom stereocenters. The summed E-state index contributed by atoms with van der Waals surface area (Å²) < 4.78 is 5.62. The Morgan fingerprint density at radius 2 is 1.83 bits per heavy atom. The van der Waals surface area contributed by atoms with E-state index in [0.29, 0.717) is 12.1 Å². The van der Waals surface area contributed by atoms with Gasteiger partial charge in [-0.1, -0.05) is 36.8 Å². The van der Waals surface area contributed by atoms with Gasteiger partial charge in [0.2, 0.25) is 0 Å². The number of hydrogen-bond donors (Lipinski definition) is 1. The summed E-state index contributed by atoms with van der Waals surface area (Å²) in [5.74, 6) is -0.0289. The molecule has 1 amide bonds. The third-order valence-corrected chi connectivity index (χ3v) is 5.84. The highest BCUT2D eigenvalue weighted by molar-refractivity contribution is 5.86. The van der Waals surface area contributed by atoms with Crippen molar-refractivity contribution in [3.63, 3.8) is 0 Å². The van der Waals surface area contributed by atoms with Crippen molar-refractivity contribution in [1.82, 2.24) is 10.2 Å². The van der Waals surface area contributed by atoms with E-state index in [1.54, 1.807) is 7.11 Å². The lowest BCUT2D eigenvalue weighted by Gasteiger charge is -2.47. The second-order valence-corrected chi connectivity index (χ2v) is 7.15. The van der Waals surface area contributed by atoms with Crippen LogP contribution in [0.2, 0.25) is 0 Å². The molecule has 0 aliphatic carbocycles. The normalized spacial score (nSPS) is 30.5. The van der Waals surface area contributed by atoms with Gasteiger partial charge in [-0.2, -0.15) is 0 Å². The van der Waals surface area contributed by atoms with E-state index in [-0.39, 0.29) is 11.9 Å². The first kappa shape index (κ1) is 16.5. The van der Waals surface area contributed by atoms with E-state index < -0.39 is 5.60 Å². The third-order valence-electron chi connectivity index (χ3n) is 5.84. The van der Waals surface area contributed by atoms with E-state index >= 15 is 0 Å². The molecule has 3 atom stereocenters. The van der Waals surface area contributed by atoms with Gasteiger partial charge >= 0.3 is 0 Å². The summed E-state index contributed by atoms with van der Waals surface area (Å²) in [7, 11) is 3.84. The van der Waals surface area contributed by atoms with E-state index in [9.17, 15) is 4.79 Å². The fourth-order valence-corrected chi connectivity index (χ4v) is 4.15. The van der Waals surface area contributed by atoms with Gasteiger partial charge in [-0.15, -0.1) is 0 Å². The van der Waals surface area contributed by atoms with Crippen LogP contribution >= 0.6 is 0 Å². The molecule has 2 fully saturated rings. The van der Waals surface area contributed by atoms with E-state index in [0.717, 1.165) is 18.4 Å². The number of ether oxygens (including phenoxy) is 1. The highest BCUT2D eigenvalue weighted by Crippen LogP contribution is 2.33. The standard InChI is InChI=1S/C19H28N2O2/c1-19(23-3,14-8-5-4-6-9-14)18(22)20-15-12-16-10-7-11-17(13-15)21(16)2/h4-6,8-9,15-17H,7,10-13H2,1-3H3,(H,20,22). The molecule has 1 aromatic rings. The van der Waals surface area contributed by atoms with Crippen molar-refractivity contribution in [2.24, 2.45) is 0 Å². The van der Waals surface area contributed by atoms with Crippen molar-refractivity contribution in [2.45, 2.75) is 62.8 Å². The number of nitrogens with zero attached hydrogens (tertiary/aromatic N) is 1. The molecule has 2 aliphatic heterocycles. The van der Waals surface area contributed by atoms with Gasteiger partial charge in [-0.3, -0.25) is 4.79 Å². The molecular weight excluding hydrogens is 288 g/mol. The number of fused-ring (bicyclic) bond motifs is 2. The number of amides is 1. The van der Waals surface area contributed by atoms with Gasteiger partial charge in [-0.05, 0) is 45.2 Å². The van der Waals surface area contributed by atoms with Gasteiger partial charge in [-0.25, -0.2) is 0 Å². The molecule has 3 rings (SSSR count). The minimum absolute atomic E-state index is 0.0289. The molecule has 2 bridgehead atoms. The lowest BCUT2D eigenvalue weighted by atomic mass is 9.82. The molecule has 0 saturated carbocycles. The van der Waals surface area contributed by atoms with E-state index in [4.69, 9.17) is 4.74 Å². The Balaban J connectivity index is 1.71. The molecule has 0 aromatic heterocycles. The summed E-state index contributed by atoms with van der Waals surface area (Å²) in [5, 5.41) is 3.27. The number of benzene rings is 1. The number of carbonyl (C=O) groups excluding carboxylic acids is 1. The van der Waals surface area contributed by atoms with Crippen molar-refractivity contribution in [2.75, 3.05) is 14.2 Å². The Morgan fingerprint density at radius 1 is 1.22 bits per heavy atom. The number of methoxy groups -OCH3 is 1. The summed E-state index contributed by atoms with van der Waals surface area (Å²) in [6.07, 6.45) is 5.92. The molecule has 2 saturated heterocycles. The largest absolute Gasteiger partial charge is 0.364 e. The molecule has 23 heavy (non-hydrogen) atoms. The third kappa shape index (κ3) is 3.15. The summed E-state index contributed by atoms with van der Waals surface area (Å²) in [6.45, 7) is 1.85. The number of rotatable bonds is 4. The number of carbonyl (C=O) groups is 1. The van der Waals surface area contributed by atoms with Gasteiger partial charge in [0, 0.05) is 25.2 Å². The van der Waals surface area contributed by atoms with Crippen molar-refractivity contribution < 1.29 is 9.53 Å². The molecular formula is C19H28N2O2. The topological polar surface area (TPSA) is 41.6 Å². The Bertz CT molecular complexity index is 534. The Hall–Kier alpha value is -1.39. The number of hydrogen-bond acceptors (Lipinski definition) is 3. The van der Waals surface area contributed by atoms with E-state index in [2.05, 4.69) is 17.3 Å². The highest BCUT2D eigenvalue weighted by Gasteiger charge is 2.40. The van der Waals surface area contributed by atoms with Crippen LogP contribution in [0, 0.1) is 0 Å². The van der Waals surface area contributed by atoms with Crippen LogP contribution in [0.5, 0.6) is 0 Å². The van der Waals surface area contributed by atoms with Crippen LogP contribution in [0.25, 0.3) is 0 Å². The molecule has 0 radical (unpaired) electrons. The van der Waals surface area contributed by atoms with E-state index in [1.165, 1.54) is 19.3 Å². The first-order valence-corrected chi connectivity index (χ1v) is 8.68. The zero-order chi connectivity index (χ0) is 16.4. The Morgan fingerprint density at radius 3 is 2.39 bits per heavy atom. The Kier molecular flexibility index (Phi) is 4.74. The van der Waals surface area contributed by atoms with Crippen LogP contribution in [-0.4, -0.2) is 43.1 Å². The van der Waals surface area contributed by atoms with Crippen molar-refractivity contribution in [3.05, 3.63) is 35.9 Å². The van der Waals surface area contributed by atoms with Gasteiger partial charge in [0.05, 0.1) is 0 Å². The molecule has 1 N–H and O–H groups in total. The second kappa shape index (κ2) is 6.62. The fraction of sp³-hybridized carbons (Fsp3) is 0.632. The van der Waals surface area contributed by atoms with Crippen LogP contribution in [0.4, 0.5) is 0 Å². The number of nitrogens with one attached hydrogen (secondary N) is 1. The molecule has 126 valence electrons. The van der Waals surface area contributed by atoms with Crippen LogP contribution in [-0.2, 0) is 15.1 Å². The van der Waals surface area contributed by atoms with Crippen molar-refractivity contribution in [3.8, 4) is 0 Å². The summed E-state index contributed by atoms with van der Waals surface area (Å²) >= 11 is 0. The maximum atomic E-state index is 12.9. The SMILES string of the molecule is COC(C)(C(=O)NC1CC2CCCC(C1)N2C)c1ccccc1. The maximum Gasteiger partial charge on any atom is 0.256 e. The summed E-state index contributed by atoms with van der Waals surface area (Å²) in [6, 6.07) is 11.2. The Labute approximate surface area is 139 Å². The lowest BCUT2D eigenvalue weighted by Crippen LogP contribution is -2.57. The number of piperidine rings is 2. The molecule has 2 aliphatic rings. The van der Waals surface area contributed by atoms with Crippen LogP contribution in [0.1, 0.15) is 44.6 Å². The molecule has 1 aromatic carbocycles. The van der Waals surface area contributed by atoms with Crippen molar-refractivity contribution >= 4 is 5.91 Å². The van der Waals surface area contributed by atoms with Crippen LogP contribution < -0.4 is 5.32 Å². The van der Waals surface area contributed by atoms with Crippen LogP contribution in [0.3, 0.4) is 0 Å². The zero-order valence-corrected chi connectivity index (χ0v) is 14.4. The monoisotopic (exact) mass is 316 g/mol. The quantitative estimate of drug-likeness (QED) is 0.928. The molecule has 4 nitrogen and oxygen atoms in total. The summed E-state index contributed by atoms with van der Waals surface area (Å²) in [5.41, 5.74) is -0.0344. The average Bonchev–Trinajstić information content (AvgIpc) is 2.55. The molecule has 4 heteroatoms. The van der Waals surface area contributed by atoms with Gasteiger partial charge in [0.1, 0.15) is 0 Å². The zero-order valence-electron chi connectivity index (χ0n) is 14.4. The highest BCUT2D eigenvalue weighted by atomic mass is 16.5. The summed E-state index contributed by atoms with van der Waals surface area (Å²) in [4.78, 5) is 15.4. The van der Waals surface area contributed by atoms with Gasteiger partial charge < -0.3 is 15.0 Å². The molecule has 2 heterocycles. The minimum Gasteiger partial charge on any atom is -0.364 e. The van der Waals surface area contributed by atoms with Gasteiger partial charge in [0.15, 0.2) is 5.60 Å². The van der Waals surface area contributed by atoms with Gasteiger partial charge in [0.25, 0.3) is 5.91 Å². The van der Waals surface area contributed by atoms with E-state index in [1.807, 2.05) is 37.3 Å². The predicted octanol–water partition coefficient (Wildman–Crippen LogP) is 2.68. The fourth-order valence-electron chi connectivity index (χ4n) is 4.15. The minimum atomic E-state index is -0.931. The second-order valence-electron chi connectivity index (χ2n) is 7.15. The van der Waals surface area contributed by atoms with Crippen LogP contribution in [0.15, 0.2) is 30.3 Å². The van der Waals surface area contributed by atoms with Crippen molar-refractivity contribution in [1.29, 1.82) is 0 Å². The lowest BCUT2D eigenvalue weighted by molar-refractivity contribution is -0.144. The predicted molar refractivity (Wildman–Crippen MR) is 91.2 cm³/mol. The smallest absolute Gasteiger partial charge is 0.256 e. The first-order valence-electron chi connectivity index (χ1n) is 8.68. The molecule has 0 spiro atoms. The first-order chi connectivity index (χ1) is 11.0. The average molecular weight is 316 g/mol. The maximum absolute atomic E-state index is 12.9.